The molecule has 0 bridgehead atoms. The van der Waals surface area contributed by atoms with Gasteiger partial charge in [0.1, 0.15) is 17.4 Å². The molecule has 1 saturated heterocycles. The quantitative estimate of drug-likeness (QED) is 0.362. The van der Waals surface area contributed by atoms with Crippen molar-refractivity contribution in [3.05, 3.63) is 59.6 Å². The second-order valence-corrected chi connectivity index (χ2v) is 12.1. The van der Waals surface area contributed by atoms with Crippen molar-refractivity contribution in [3.63, 3.8) is 0 Å². The average molecular weight is 559 g/mol. The van der Waals surface area contributed by atoms with Gasteiger partial charge in [0.25, 0.3) is 10.0 Å². The van der Waals surface area contributed by atoms with E-state index in [0.717, 1.165) is 0 Å². The summed E-state index contributed by atoms with van der Waals surface area (Å²) in [6.07, 6.45) is 0.887. The van der Waals surface area contributed by atoms with Crippen LogP contribution < -0.4 is 14.4 Å². The number of para-hydroxylation sites is 1. The number of rotatable bonds is 9. The molecule has 0 saturated carbocycles. The van der Waals surface area contributed by atoms with Gasteiger partial charge in [-0.3, -0.25) is 9.52 Å². The van der Waals surface area contributed by atoms with Crippen molar-refractivity contribution < 1.29 is 23.1 Å². The molecule has 3 heterocycles. The van der Waals surface area contributed by atoms with Gasteiger partial charge in [0, 0.05) is 18.7 Å². The van der Waals surface area contributed by atoms with Crippen LogP contribution in [0.4, 0.5) is 11.6 Å². The first kappa shape index (κ1) is 27.7. The number of hydrogen-bond donors (Lipinski definition) is 2. The van der Waals surface area contributed by atoms with Crippen molar-refractivity contribution in [2.24, 2.45) is 11.3 Å². The summed E-state index contributed by atoms with van der Waals surface area (Å²) < 4.78 is 34.9. The van der Waals surface area contributed by atoms with Crippen molar-refractivity contribution >= 4 is 39.2 Å². The van der Waals surface area contributed by atoms with Crippen LogP contribution in [0.1, 0.15) is 33.6 Å². The number of pyridine rings is 2. The monoisotopic (exact) mass is 558 g/mol. The molecule has 11 heteroatoms. The molecule has 1 fully saturated rings. The van der Waals surface area contributed by atoms with Gasteiger partial charge < -0.3 is 14.7 Å². The normalized spacial score (nSPS) is 15.3. The first-order valence-electron chi connectivity index (χ1n) is 12.4. The summed E-state index contributed by atoms with van der Waals surface area (Å²) in [6.45, 7) is 7.26. The third-order valence-corrected chi connectivity index (χ3v) is 8.05. The molecule has 9 nitrogen and oxygen atoms in total. The Balaban J connectivity index is 1.56. The van der Waals surface area contributed by atoms with E-state index in [1.807, 2.05) is 43.0 Å². The van der Waals surface area contributed by atoms with E-state index in [1.165, 1.54) is 12.1 Å². The number of hydrogen-bond acceptors (Lipinski definition) is 7. The van der Waals surface area contributed by atoms with Gasteiger partial charge in [-0.05, 0) is 62.1 Å². The molecule has 3 aromatic rings. The van der Waals surface area contributed by atoms with Crippen LogP contribution in [0.2, 0.25) is 5.02 Å². The van der Waals surface area contributed by atoms with Crippen LogP contribution in [0.15, 0.2) is 59.6 Å². The van der Waals surface area contributed by atoms with Gasteiger partial charge in [0.15, 0.2) is 5.03 Å². The molecule has 2 aromatic heterocycles. The lowest BCUT2D eigenvalue weighted by molar-refractivity contribution is -0.149. The topological polar surface area (TPSA) is 122 Å². The minimum Gasteiger partial charge on any atom is -0.493 e. The molecule has 202 valence electrons. The Morgan fingerprint density at radius 2 is 1.82 bits per heavy atom. The molecule has 0 unspecified atom stereocenters. The molecule has 0 radical (unpaired) electrons. The van der Waals surface area contributed by atoms with Gasteiger partial charge >= 0.3 is 5.97 Å². The van der Waals surface area contributed by atoms with E-state index in [0.29, 0.717) is 66.3 Å². The number of piperidine rings is 1. The van der Waals surface area contributed by atoms with E-state index in [2.05, 4.69) is 14.7 Å². The summed E-state index contributed by atoms with van der Waals surface area (Å²) in [4.78, 5) is 22.3. The first-order chi connectivity index (χ1) is 18.0. The van der Waals surface area contributed by atoms with E-state index in [-0.39, 0.29) is 10.8 Å². The number of carboxylic acid groups (broad SMARTS) is 1. The number of aliphatic carboxylic acids is 1. The summed E-state index contributed by atoms with van der Waals surface area (Å²) in [6, 6.07) is 15.1. The van der Waals surface area contributed by atoms with Crippen LogP contribution in [-0.4, -0.2) is 49.2 Å². The fourth-order valence-electron chi connectivity index (χ4n) is 4.10. The number of anilines is 2. The zero-order chi connectivity index (χ0) is 27.5. The molecule has 0 amide bonds. The molecule has 38 heavy (non-hydrogen) atoms. The minimum atomic E-state index is -4.07. The number of benzene rings is 1. The highest BCUT2D eigenvalue weighted by Gasteiger charge is 2.37. The number of nitrogens with one attached hydrogen (secondary N) is 1. The maximum absolute atomic E-state index is 13.2. The zero-order valence-electron chi connectivity index (χ0n) is 21.5. The predicted octanol–water partition coefficient (Wildman–Crippen LogP) is 5.32. The molecule has 0 spiro atoms. The van der Waals surface area contributed by atoms with Gasteiger partial charge in [0.2, 0.25) is 0 Å². The lowest BCUT2D eigenvalue weighted by Gasteiger charge is -2.37. The predicted molar refractivity (Wildman–Crippen MR) is 147 cm³/mol. The lowest BCUT2D eigenvalue weighted by Crippen LogP contribution is -2.43. The van der Waals surface area contributed by atoms with E-state index in [4.69, 9.17) is 16.3 Å². The summed E-state index contributed by atoms with van der Waals surface area (Å²) in [5, 5.41) is 9.66. The second-order valence-electron chi connectivity index (χ2n) is 10.0. The van der Waals surface area contributed by atoms with Gasteiger partial charge in [-0.2, -0.15) is 8.42 Å². The van der Waals surface area contributed by atoms with Crippen LogP contribution in [0, 0.1) is 11.3 Å². The molecule has 0 atom stereocenters. The van der Waals surface area contributed by atoms with Gasteiger partial charge in [0.05, 0.1) is 22.7 Å². The van der Waals surface area contributed by atoms with Crippen LogP contribution in [-0.2, 0) is 14.8 Å². The van der Waals surface area contributed by atoms with E-state index in [9.17, 15) is 18.3 Å². The van der Waals surface area contributed by atoms with Crippen LogP contribution >= 0.6 is 11.6 Å². The number of halogens is 1. The molecule has 1 aromatic carbocycles. The molecule has 2 N–H and O–H groups in total. The van der Waals surface area contributed by atoms with E-state index in [1.54, 1.807) is 25.1 Å². The van der Waals surface area contributed by atoms with Crippen molar-refractivity contribution in [2.75, 3.05) is 29.3 Å². The van der Waals surface area contributed by atoms with Crippen molar-refractivity contribution in [1.82, 2.24) is 9.97 Å². The largest absolute Gasteiger partial charge is 0.493 e. The van der Waals surface area contributed by atoms with Crippen LogP contribution in [0.5, 0.6) is 5.75 Å². The van der Waals surface area contributed by atoms with Crippen molar-refractivity contribution in [2.45, 2.75) is 38.6 Å². The highest BCUT2D eigenvalue weighted by molar-refractivity contribution is 7.92. The summed E-state index contributed by atoms with van der Waals surface area (Å²) in [5.74, 6) is 0.659. The summed E-state index contributed by atoms with van der Waals surface area (Å²) in [7, 11) is -4.07. The minimum absolute atomic E-state index is 0.0884. The van der Waals surface area contributed by atoms with Gasteiger partial charge in [-0.1, -0.05) is 43.6 Å². The molecule has 1 aliphatic heterocycles. The second kappa shape index (κ2) is 11.2. The zero-order valence-corrected chi connectivity index (χ0v) is 23.1. The van der Waals surface area contributed by atoms with Gasteiger partial charge in [-0.25, -0.2) is 9.97 Å². The van der Waals surface area contributed by atoms with E-state index >= 15 is 0 Å². The molecular weight excluding hydrogens is 528 g/mol. The van der Waals surface area contributed by atoms with Crippen molar-refractivity contribution in [3.8, 4) is 17.0 Å². The number of ether oxygens (including phenoxy) is 1. The Labute approximate surface area is 227 Å². The highest BCUT2D eigenvalue weighted by atomic mass is 35.5. The van der Waals surface area contributed by atoms with Crippen molar-refractivity contribution in [1.29, 1.82) is 0 Å². The fourth-order valence-corrected chi connectivity index (χ4v) is 5.27. The standard InChI is InChI=1S/C27H31ClN4O5S/c1-18(2)17-37-21-8-5-4-7-19(21)25-20(28)11-12-22(29-25)31-38(35,36)24-10-6-9-23(30-24)32-15-13-27(3,14-16-32)26(33)34/h4-12,18H,13-17H2,1-3H3,(H,29,31)(H,33,34). The van der Waals surface area contributed by atoms with Crippen LogP contribution in [0.25, 0.3) is 11.3 Å². The molecule has 1 aliphatic rings. The smallest absolute Gasteiger partial charge is 0.309 e. The maximum atomic E-state index is 13.2. The van der Waals surface area contributed by atoms with Crippen LogP contribution in [0.3, 0.4) is 0 Å². The summed E-state index contributed by atoms with van der Waals surface area (Å²) in [5.41, 5.74) is 0.249. The average Bonchev–Trinajstić information content (AvgIpc) is 2.89. The Bertz CT molecular complexity index is 1420. The maximum Gasteiger partial charge on any atom is 0.309 e. The molecule has 0 aliphatic carbocycles. The van der Waals surface area contributed by atoms with Gasteiger partial charge in [-0.15, -0.1) is 0 Å². The Kier molecular flexibility index (Phi) is 8.13. The first-order valence-corrected chi connectivity index (χ1v) is 14.2. The molecular formula is C27H31ClN4O5S. The number of carbonyl (C=O) groups is 1. The fraction of sp³-hybridized carbons (Fsp3) is 0.370. The number of sulfonamides is 1. The number of nitrogens with zero attached hydrogens (tertiary/aromatic N) is 3. The Morgan fingerprint density at radius 3 is 2.50 bits per heavy atom. The lowest BCUT2D eigenvalue weighted by atomic mass is 9.80. The Hall–Kier alpha value is -3.37. The SMILES string of the molecule is CC(C)COc1ccccc1-c1nc(NS(=O)(=O)c2cccc(N3CCC(C)(C(=O)O)CC3)n2)ccc1Cl. The highest BCUT2D eigenvalue weighted by Crippen LogP contribution is 2.35. The Morgan fingerprint density at radius 1 is 1.11 bits per heavy atom. The molecule has 4 rings (SSSR count). The third-order valence-electron chi connectivity index (χ3n) is 6.49. The number of aromatic nitrogens is 2. The third kappa shape index (κ3) is 6.19. The summed E-state index contributed by atoms with van der Waals surface area (Å²) >= 11 is 6.45. The number of carboxylic acids is 1. The van der Waals surface area contributed by atoms with E-state index < -0.39 is 21.4 Å².